The van der Waals surface area contributed by atoms with Gasteiger partial charge in [0, 0.05) is 13.1 Å². The van der Waals surface area contributed by atoms with Gasteiger partial charge in [0.1, 0.15) is 5.69 Å². The topological polar surface area (TPSA) is 30.0 Å². The lowest BCUT2D eigenvalue weighted by atomic mass is 10.2. The highest BCUT2D eigenvalue weighted by Crippen LogP contribution is 2.13. The molecule has 2 nitrogen and oxygen atoms in total. The Hall–Kier alpha value is -0.890. The number of hydrogen-bond donors (Lipinski definition) is 0. The van der Waals surface area contributed by atoms with Crippen molar-refractivity contribution in [2.45, 2.75) is 13.8 Å². The number of carbonyl (C=O) groups excluding carboxylic acids is 1. The maximum atomic E-state index is 10.8. The monoisotopic (exact) mass is 169 g/mol. The summed E-state index contributed by atoms with van der Waals surface area (Å²) in [6, 6.07) is 1.69. The number of pyridine rings is 1. The molecule has 0 saturated carbocycles. The molecule has 0 N–H and O–H groups in total. The summed E-state index contributed by atoms with van der Waals surface area (Å²) in [5.41, 5.74) is 1.35. The van der Waals surface area contributed by atoms with Crippen LogP contribution in [0.4, 0.5) is 0 Å². The van der Waals surface area contributed by atoms with E-state index in [9.17, 15) is 4.79 Å². The van der Waals surface area contributed by atoms with E-state index in [4.69, 9.17) is 11.6 Å². The van der Waals surface area contributed by atoms with Crippen LogP contribution < -0.4 is 0 Å². The number of hydrogen-bond acceptors (Lipinski definition) is 2. The van der Waals surface area contributed by atoms with Crippen molar-refractivity contribution in [1.29, 1.82) is 0 Å². The van der Waals surface area contributed by atoms with Gasteiger partial charge in [-0.05, 0) is 18.6 Å². The summed E-state index contributed by atoms with van der Waals surface area (Å²) in [5, 5.41) is 0.593. The zero-order valence-electron chi connectivity index (χ0n) is 6.39. The van der Waals surface area contributed by atoms with Crippen molar-refractivity contribution < 1.29 is 4.79 Å². The maximum Gasteiger partial charge on any atom is 0.178 e. The molecule has 0 aromatic carbocycles. The Balaban J connectivity index is 3.15. The number of carbonyl (C=O) groups is 1. The first-order valence-corrected chi connectivity index (χ1v) is 3.62. The normalized spacial score (nSPS) is 9.73. The maximum absolute atomic E-state index is 10.8. The summed E-state index contributed by atoms with van der Waals surface area (Å²) in [5.74, 6) is -0.0373. The highest BCUT2D eigenvalue weighted by Gasteiger charge is 2.02. The molecule has 11 heavy (non-hydrogen) atoms. The summed E-state index contributed by atoms with van der Waals surface area (Å²) < 4.78 is 0. The first-order chi connectivity index (χ1) is 5.11. The van der Waals surface area contributed by atoms with Gasteiger partial charge in [0.25, 0.3) is 0 Å². The molecule has 1 rings (SSSR count). The second-order valence-electron chi connectivity index (χ2n) is 2.37. The second kappa shape index (κ2) is 3.01. The number of rotatable bonds is 1. The van der Waals surface area contributed by atoms with Gasteiger partial charge in [-0.3, -0.25) is 9.78 Å². The fourth-order valence-electron chi connectivity index (χ4n) is 0.732. The SMILES string of the molecule is CC(=O)c1cc(C)c(Cl)cn1. The van der Waals surface area contributed by atoms with E-state index in [1.807, 2.05) is 6.92 Å². The fourth-order valence-corrected chi connectivity index (χ4v) is 0.835. The standard InChI is InChI=1S/C8H8ClNO/c1-5-3-8(6(2)11)10-4-7(5)9/h3-4H,1-2H3. The van der Waals surface area contributed by atoms with Crippen LogP contribution in [0.2, 0.25) is 5.02 Å². The summed E-state index contributed by atoms with van der Waals surface area (Å²) in [6.07, 6.45) is 1.49. The zero-order valence-corrected chi connectivity index (χ0v) is 7.14. The van der Waals surface area contributed by atoms with Crippen molar-refractivity contribution in [1.82, 2.24) is 4.98 Å². The number of ketones is 1. The number of aromatic nitrogens is 1. The molecular formula is C8H8ClNO. The fraction of sp³-hybridized carbons (Fsp3) is 0.250. The molecule has 0 spiro atoms. The van der Waals surface area contributed by atoms with E-state index >= 15 is 0 Å². The van der Waals surface area contributed by atoms with Gasteiger partial charge in [-0.25, -0.2) is 0 Å². The first kappa shape index (κ1) is 8.21. The Morgan fingerprint density at radius 2 is 2.27 bits per heavy atom. The third-order valence-corrected chi connectivity index (χ3v) is 1.80. The highest BCUT2D eigenvalue weighted by atomic mass is 35.5. The number of nitrogens with zero attached hydrogens (tertiary/aromatic N) is 1. The van der Waals surface area contributed by atoms with E-state index < -0.39 is 0 Å². The van der Waals surface area contributed by atoms with Gasteiger partial charge in [0.2, 0.25) is 0 Å². The lowest BCUT2D eigenvalue weighted by Gasteiger charge is -1.97. The Labute approximate surface area is 70.2 Å². The molecule has 0 fully saturated rings. The van der Waals surface area contributed by atoms with Crippen LogP contribution in [0.3, 0.4) is 0 Å². The minimum atomic E-state index is -0.0373. The molecule has 3 heteroatoms. The molecule has 0 unspecified atom stereocenters. The van der Waals surface area contributed by atoms with E-state index in [1.54, 1.807) is 6.07 Å². The summed E-state index contributed by atoms with van der Waals surface area (Å²) in [4.78, 5) is 14.7. The molecule has 1 heterocycles. The average molecular weight is 170 g/mol. The van der Waals surface area contributed by atoms with E-state index in [-0.39, 0.29) is 5.78 Å². The van der Waals surface area contributed by atoms with Crippen LogP contribution >= 0.6 is 11.6 Å². The molecule has 1 aromatic heterocycles. The molecule has 1 aromatic rings. The lowest BCUT2D eigenvalue weighted by molar-refractivity contribution is 0.101. The second-order valence-corrected chi connectivity index (χ2v) is 2.78. The van der Waals surface area contributed by atoms with Crippen LogP contribution in [0.1, 0.15) is 23.0 Å². The van der Waals surface area contributed by atoms with Crippen molar-refractivity contribution in [3.05, 3.63) is 28.5 Å². The molecule has 0 atom stereocenters. The Kier molecular flexibility index (Phi) is 2.25. The minimum Gasteiger partial charge on any atom is -0.293 e. The van der Waals surface area contributed by atoms with Crippen molar-refractivity contribution in [3.63, 3.8) is 0 Å². The Bertz CT molecular complexity index is 296. The van der Waals surface area contributed by atoms with Gasteiger partial charge in [-0.1, -0.05) is 11.6 Å². The molecule has 0 aliphatic carbocycles. The van der Waals surface area contributed by atoms with Gasteiger partial charge >= 0.3 is 0 Å². The Morgan fingerprint density at radius 3 is 2.73 bits per heavy atom. The summed E-state index contributed by atoms with van der Waals surface area (Å²) in [7, 11) is 0. The van der Waals surface area contributed by atoms with Crippen LogP contribution in [-0.2, 0) is 0 Å². The van der Waals surface area contributed by atoms with Gasteiger partial charge in [-0.15, -0.1) is 0 Å². The zero-order chi connectivity index (χ0) is 8.43. The van der Waals surface area contributed by atoms with Crippen LogP contribution in [0.5, 0.6) is 0 Å². The van der Waals surface area contributed by atoms with Crippen LogP contribution in [0, 0.1) is 6.92 Å². The quantitative estimate of drug-likeness (QED) is 0.604. The van der Waals surface area contributed by atoms with E-state index in [1.165, 1.54) is 13.1 Å². The largest absolute Gasteiger partial charge is 0.293 e. The predicted molar refractivity (Wildman–Crippen MR) is 44.0 cm³/mol. The highest BCUT2D eigenvalue weighted by molar-refractivity contribution is 6.31. The summed E-state index contributed by atoms with van der Waals surface area (Å²) in [6.45, 7) is 3.33. The van der Waals surface area contributed by atoms with Gasteiger partial charge < -0.3 is 0 Å². The van der Waals surface area contributed by atoms with E-state index in [2.05, 4.69) is 4.98 Å². The van der Waals surface area contributed by atoms with Crippen molar-refractivity contribution >= 4 is 17.4 Å². The van der Waals surface area contributed by atoms with E-state index in [0.29, 0.717) is 10.7 Å². The van der Waals surface area contributed by atoms with Crippen LogP contribution in [-0.4, -0.2) is 10.8 Å². The van der Waals surface area contributed by atoms with Gasteiger partial charge in [-0.2, -0.15) is 0 Å². The molecule has 0 amide bonds. The number of aryl methyl sites for hydroxylation is 1. The number of Topliss-reactive ketones (excluding diaryl/α,β-unsaturated/α-hetero) is 1. The molecular weight excluding hydrogens is 162 g/mol. The third kappa shape index (κ3) is 1.77. The van der Waals surface area contributed by atoms with Gasteiger partial charge in [0.05, 0.1) is 5.02 Å². The molecule has 58 valence electrons. The number of halogens is 1. The minimum absolute atomic E-state index is 0.0373. The smallest absolute Gasteiger partial charge is 0.178 e. The lowest BCUT2D eigenvalue weighted by Crippen LogP contribution is -1.96. The van der Waals surface area contributed by atoms with E-state index in [0.717, 1.165) is 5.56 Å². The van der Waals surface area contributed by atoms with Gasteiger partial charge in [0.15, 0.2) is 5.78 Å². The molecule has 0 aliphatic heterocycles. The average Bonchev–Trinajstić information content (AvgIpc) is 1.94. The summed E-state index contributed by atoms with van der Waals surface area (Å²) >= 11 is 5.71. The first-order valence-electron chi connectivity index (χ1n) is 3.24. The van der Waals surface area contributed by atoms with Crippen LogP contribution in [0.25, 0.3) is 0 Å². The van der Waals surface area contributed by atoms with Crippen molar-refractivity contribution in [3.8, 4) is 0 Å². The van der Waals surface area contributed by atoms with Crippen molar-refractivity contribution in [2.24, 2.45) is 0 Å². The predicted octanol–water partition coefficient (Wildman–Crippen LogP) is 2.25. The molecule has 0 bridgehead atoms. The molecule has 0 radical (unpaired) electrons. The van der Waals surface area contributed by atoms with Crippen molar-refractivity contribution in [2.75, 3.05) is 0 Å². The molecule has 0 saturated heterocycles. The Morgan fingerprint density at radius 1 is 1.64 bits per heavy atom. The van der Waals surface area contributed by atoms with Crippen LogP contribution in [0.15, 0.2) is 12.3 Å². The molecule has 0 aliphatic rings. The third-order valence-electron chi connectivity index (χ3n) is 1.41.